The van der Waals surface area contributed by atoms with Crippen molar-refractivity contribution < 1.29 is 4.79 Å². The number of halogens is 2. The molecule has 0 atom stereocenters. The van der Waals surface area contributed by atoms with Crippen molar-refractivity contribution in [1.82, 2.24) is 0 Å². The van der Waals surface area contributed by atoms with E-state index in [2.05, 4.69) is 128 Å². The van der Waals surface area contributed by atoms with Gasteiger partial charge in [0.05, 0.1) is 0 Å². The summed E-state index contributed by atoms with van der Waals surface area (Å²) < 4.78 is 2.43. The molecular weight excluding hydrogens is 945 g/mol. The lowest BCUT2D eigenvalue weighted by atomic mass is 9.61. The molecule has 67 heavy (non-hydrogen) atoms. The highest BCUT2D eigenvalue weighted by Gasteiger charge is 2.58. The summed E-state index contributed by atoms with van der Waals surface area (Å²) in [4.78, 5) is 13.1. The number of rotatable bonds is 31. The highest BCUT2D eigenvalue weighted by molar-refractivity contribution is 9.10. The van der Waals surface area contributed by atoms with E-state index in [-0.39, 0.29) is 16.2 Å². The van der Waals surface area contributed by atoms with Crippen molar-refractivity contribution in [3.8, 4) is 33.4 Å². The molecule has 7 rings (SSSR count). The standard InChI is InChI=1S/C64H88Br2O/c1-7-13-19-25-37-62(38-26-20-14-8-2)54-44-48(65)32-35-50(54)56-57-51-36-33-49(66)45-55(51)64(41-29-23-17-11-5,42-30-24-18-12-6)60(57)61-58(59(56)62)52-34-31-47(46-67)43-53(52)63(61,39-27-21-15-9-3)40-28-22-16-10-4/h31-36,43-46H,7-30,37-42H2,1-6H3. The van der Waals surface area contributed by atoms with Crippen LogP contribution in [0.1, 0.15) is 278 Å². The predicted octanol–water partition coefficient (Wildman–Crippen LogP) is 21.6. The van der Waals surface area contributed by atoms with Gasteiger partial charge in [-0.05, 0) is 136 Å². The SMILES string of the molecule is CCCCCCC1(CCCCCC)c2cc(Br)ccc2-c2c3c(c4c(c21)-c1ccc(C=O)cc1C4(CCCCCC)CCCCCC)C(CCCCCC)(CCCCCC)c1cc(Br)ccc1-3. The largest absolute Gasteiger partial charge is 0.298 e. The fraction of sp³-hybridized carbons (Fsp3) is 0.609. The first-order chi connectivity index (χ1) is 32.8. The van der Waals surface area contributed by atoms with Crippen LogP contribution in [0.3, 0.4) is 0 Å². The van der Waals surface area contributed by atoms with Gasteiger partial charge >= 0.3 is 0 Å². The van der Waals surface area contributed by atoms with Crippen molar-refractivity contribution >= 4 is 38.1 Å². The first-order valence-corrected chi connectivity index (χ1v) is 29.8. The van der Waals surface area contributed by atoms with Crippen molar-refractivity contribution in [2.45, 2.75) is 250 Å². The molecule has 0 unspecified atom stereocenters. The average molecular weight is 1030 g/mol. The Labute approximate surface area is 426 Å². The van der Waals surface area contributed by atoms with Crippen LogP contribution in [0.2, 0.25) is 0 Å². The number of benzene rings is 4. The fourth-order valence-corrected chi connectivity index (χ4v) is 14.7. The Morgan fingerprint density at radius 2 is 0.657 bits per heavy atom. The molecule has 0 saturated carbocycles. The summed E-state index contributed by atoms with van der Waals surface area (Å²) in [6, 6.07) is 22.1. The third-order valence-corrected chi connectivity index (χ3v) is 18.2. The zero-order valence-electron chi connectivity index (χ0n) is 43.2. The van der Waals surface area contributed by atoms with Gasteiger partial charge in [0.1, 0.15) is 6.29 Å². The molecule has 1 nitrogen and oxygen atoms in total. The van der Waals surface area contributed by atoms with Gasteiger partial charge in [-0.1, -0.05) is 252 Å². The van der Waals surface area contributed by atoms with Gasteiger partial charge in [0.25, 0.3) is 0 Å². The van der Waals surface area contributed by atoms with Crippen molar-refractivity contribution in [2.75, 3.05) is 0 Å². The van der Waals surface area contributed by atoms with E-state index in [1.165, 1.54) is 211 Å². The van der Waals surface area contributed by atoms with Gasteiger partial charge in [-0.2, -0.15) is 0 Å². The lowest BCUT2D eigenvalue weighted by molar-refractivity contribution is 0.112. The van der Waals surface area contributed by atoms with Crippen molar-refractivity contribution in [2.24, 2.45) is 0 Å². The molecule has 0 spiro atoms. The maximum atomic E-state index is 13.1. The maximum Gasteiger partial charge on any atom is 0.150 e. The molecular formula is C64H88Br2O. The maximum absolute atomic E-state index is 13.1. The number of unbranched alkanes of at least 4 members (excludes halogenated alkanes) is 18. The summed E-state index contributed by atoms with van der Waals surface area (Å²) in [5, 5.41) is 0. The third kappa shape index (κ3) is 10.3. The van der Waals surface area contributed by atoms with E-state index < -0.39 is 0 Å². The van der Waals surface area contributed by atoms with Gasteiger partial charge in [0.15, 0.2) is 0 Å². The summed E-state index contributed by atoms with van der Waals surface area (Å²) in [5.74, 6) is 0. The fourth-order valence-electron chi connectivity index (χ4n) is 14.0. The topological polar surface area (TPSA) is 17.1 Å². The molecule has 0 N–H and O–H groups in total. The number of hydrogen-bond acceptors (Lipinski definition) is 1. The highest BCUT2D eigenvalue weighted by Crippen LogP contribution is 2.71. The summed E-state index contributed by atoms with van der Waals surface area (Å²) in [6.07, 6.45) is 38.6. The summed E-state index contributed by atoms with van der Waals surface area (Å²) in [6.45, 7) is 14.2. The Balaban J connectivity index is 1.70. The highest BCUT2D eigenvalue weighted by atomic mass is 79.9. The Hall–Kier alpha value is -2.49. The zero-order chi connectivity index (χ0) is 47.4. The Kier molecular flexibility index (Phi) is 19.2. The summed E-state index contributed by atoms with van der Waals surface area (Å²) in [5.41, 5.74) is 19.6. The molecule has 0 radical (unpaired) electrons. The lowest BCUT2D eigenvalue weighted by Crippen LogP contribution is -2.34. The second-order valence-corrected chi connectivity index (χ2v) is 23.5. The molecule has 4 aromatic rings. The van der Waals surface area contributed by atoms with Crippen LogP contribution in [0.25, 0.3) is 33.4 Å². The second kappa shape index (κ2) is 24.6. The van der Waals surface area contributed by atoms with E-state index in [1.54, 1.807) is 44.5 Å². The van der Waals surface area contributed by atoms with E-state index in [1.807, 2.05) is 0 Å². The minimum atomic E-state index is -0.160. The number of carbonyl (C=O) groups excluding carboxylic acids is 1. The number of carbonyl (C=O) groups is 1. The summed E-state index contributed by atoms with van der Waals surface area (Å²) in [7, 11) is 0. The molecule has 4 aromatic carbocycles. The monoisotopic (exact) mass is 1030 g/mol. The van der Waals surface area contributed by atoms with Crippen LogP contribution in [0.5, 0.6) is 0 Å². The Bertz CT molecular complexity index is 2230. The molecule has 0 aliphatic heterocycles. The quantitative estimate of drug-likeness (QED) is 0.0363. The molecule has 0 fully saturated rings. The van der Waals surface area contributed by atoms with Crippen molar-refractivity contribution in [3.05, 3.63) is 102 Å². The van der Waals surface area contributed by atoms with Gasteiger partial charge in [-0.25, -0.2) is 0 Å². The van der Waals surface area contributed by atoms with Crippen LogP contribution in [0.15, 0.2) is 63.5 Å². The molecule has 0 bridgehead atoms. The smallest absolute Gasteiger partial charge is 0.150 e. The lowest BCUT2D eigenvalue weighted by Gasteiger charge is -2.42. The number of aldehydes is 1. The molecule has 0 heterocycles. The molecule has 3 aliphatic carbocycles. The van der Waals surface area contributed by atoms with Crippen LogP contribution in [0.4, 0.5) is 0 Å². The molecule has 0 amide bonds. The average Bonchev–Trinajstić information content (AvgIpc) is 3.88. The molecule has 364 valence electrons. The molecule has 3 heteroatoms. The zero-order valence-corrected chi connectivity index (χ0v) is 46.3. The minimum Gasteiger partial charge on any atom is -0.298 e. The normalized spacial score (nSPS) is 15.3. The van der Waals surface area contributed by atoms with Gasteiger partial charge < -0.3 is 0 Å². The minimum absolute atomic E-state index is 0.0916. The molecule has 0 aromatic heterocycles. The van der Waals surface area contributed by atoms with Crippen LogP contribution in [0, 0.1) is 0 Å². The van der Waals surface area contributed by atoms with E-state index in [4.69, 9.17) is 0 Å². The van der Waals surface area contributed by atoms with E-state index in [0.29, 0.717) is 0 Å². The molecule has 3 aliphatic rings. The number of fused-ring (bicyclic) bond motifs is 12. The van der Waals surface area contributed by atoms with Gasteiger partial charge in [-0.15, -0.1) is 0 Å². The van der Waals surface area contributed by atoms with E-state index in [9.17, 15) is 4.79 Å². The van der Waals surface area contributed by atoms with Crippen LogP contribution in [-0.4, -0.2) is 6.29 Å². The predicted molar refractivity (Wildman–Crippen MR) is 298 cm³/mol. The van der Waals surface area contributed by atoms with E-state index >= 15 is 0 Å². The third-order valence-electron chi connectivity index (χ3n) is 17.2. The van der Waals surface area contributed by atoms with E-state index in [0.717, 1.165) is 24.7 Å². The van der Waals surface area contributed by atoms with Crippen LogP contribution >= 0.6 is 31.9 Å². The Morgan fingerprint density at radius 1 is 0.358 bits per heavy atom. The van der Waals surface area contributed by atoms with Gasteiger partial charge in [0.2, 0.25) is 0 Å². The molecule has 0 saturated heterocycles. The first-order valence-electron chi connectivity index (χ1n) is 28.2. The van der Waals surface area contributed by atoms with Crippen molar-refractivity contribution in [3.63, 3.8) is 0 Å². The first kappa shape index (κ1) is 52.3. The Morgan fingerprint density at radius 3 is 1.01 bits per heavy atom. The summed E-state index contributed by atoms with van der Waals surface area (Å²) >= 11 is 8.24. The van der Waals surface area contributed by atoms with Crippen LogP contribution < -0.4 is 0 Å². The van der Waals surface area contributed by atoms with Crippen LogP contribution in [-0.2, 0) is 16.2 Å². The van der Waals surface area contributed by atoms with Gasteiger partial charge in [-0.3, -0.25) is 4.79 Å². The van der Waals surface area contributed by atoms with Gasteiger partial charge in [0, 0.05) is 30.8 Å². The number of hydrogen-bond donors (Lipinski definition) is 0. The second-order valence-electron chi connectivity index (χ2n) is 21.7. The van der Waals surface area contributed by atoms with Crippen molar-refractivity contribution in [1.29, 1.82) is 0 Å².